The molecule has 0 aliphatic rings. The Morgan fingerprint density at radius 1 is 1.12 bits per heavy atom. The van der Waals surface area contributed by atoms with E-state index < -0.39 is 47.1 Å². The summed E-state index contributed by atoms with van der Waals surface area (Å²) < 4.78 is 9.86. The molecule has 1 amide bonds. The van der Waals surface area contributed by atoms with Gasteiger partial charge in [0.25, 0.3) is 11.6 Å². The molecule has 0 saturated heterocycles. The number of rotatable bonds is 10. The van der Waals surface area contributed by atoms with Crippen molar-refractivity contribution >= 4 is 29.5 Å². The molecule has 2 atom stereocenters. The summed E-state index contributed by atoms with van der Waals surface area (Å²) in [5.41, 5.74) is 0.0976. The second kappa shape index (κ2) is 11.4. The Morgan fingerprint density at radius 2 is 1.79 bits per heavy atom. The molecule has 2 rings (SSSR count). The Bertz CT molecular complexity index is 1050. The van der Waals surface area contributed by atoms with Crippen LogP contribution in [0.25, 0.3) is 0 Å². The molecule has 0 aromatic heterocycles. The molecule has 0 unspecified atom stereocenters. The molecule has 0 radical (unpaired) electrons. The van der Waals surface area contributed by atoms with Crippen LogP contribution in [0.4, 0.5) is 5.69 Å². The van der Waals surface area contributed by atoms with E-state index >= 15 is 0 Å². The van der Waals surface area contributed by atoms with Gasteiger partial charge in [0, 0.05) is 30.5 Å². The SMILES string of the molecule is CCOC(=O)C[C@H](c1ccc([N+](=O)[O-])cc1)[C@@H](NC(=O)c1cccc(OC(C)=O)c1)C(=O)O. The van der Waals surface area contributed by atoms with Gasteiger partial charge in [-0.3, -0.25) is 24.5 Å². The van der Waals surface area contributed by atoms with Crippen molar-refractivity contribution in [2.75, 3.05) is 6.61 Å². The monoisotopic (exact) mass is 458 g/mol. The van der Waals surface area contributed by atoms with Crippen LogP contribution >= 0.6 is 0 Å². The van der Waals surface area contributed by atoms with E-state index in [1.807, 2.05) is 0 Å². The summed E-state index contributed by atoms with van der Waals surface area (Å²) in [7, 11) is 0. The second-order valence-electron chi connectivity index (χ2n) is 6.88. The number of nitrogens with zero attached hydrogens (tertiary/aromatic N) is 1. The van der Waals surface area contributed by atoms with Crippen LogP contribution in [0.5, 0.6) is 5.75 Å². The van der Waals surface area contributed by atoms with Gasteiger partial charge in [0.05, 0.1) is 18.0 Å². The fourth-order valence-corrected chi connectivity index (χ4v) is 3.10. The van der Waals surface area contributed by atoms with E-state index in [1.165, 1.54) is 55.5 Å². The summed E-state index contributed by atoms with van der Waals surface area (Å²) in [6, 6.07) is 9.00. The van der Waals surface area contributed by atoms with Gasteiger partial charge in [-0.1, -0.05) is 18.2 Å². The topological polar surface area (TPSA) is 162 Å². The molecule has 33 heavy (non-hydrogen) atoms. The second-order valence-corrected chi connectivity index (χ2v) is 6.88. The van der Waals surface area contributed by atoms with Crippen molar-refractivity contribution in [3.05, 3.63) is 69.8 Å². The van der Waals surface area contributed by atoms with Crippen LogP contribution in [0.15, 0.2) is 48.5 Å². The van der Waals surface area contributed by atoms with Crippen LogP contribution < -0.4 is 10.1 Å². The molecule has 11 nitrogen and oxygen atoms in total. The number of nitrogens with one attached hydrogen (secondary N) is 1. The lowest BCUT2D eigenvalue weighted by molar-refractivity contribution is -0.384. The summed E-state index contributed by atoms with van der Waals surface area (Å²) in [4.78, 5) is 58.4. The number of nitro groups is 1. The van der Waals surface area contributed by atoms with Gasteiger partial charge >= 0.3 is 17.9 Å². The number of ether oxygens (including phenoxy) is 2. The van der Waals surface area contributed by atoms with E-state index in [2.05, 4.69) is 5.32 Å². The Labute approximate surface area is 188 Å². The highest BCUT2D eigenvalue weighted by molar-refractivity contribution is 5.97. The molecule has 174 valence electrons. The first-order chi connectivity index (χ1) is 15.6. The van der Waals surface area contributed by atoms with E-state index in [9.17, 15) is 34.4 Å². The molecular formula is C22H22N2O9. The number of non-ortho nitro benzene ring substituents is 1. The van der Waals surface area contributed by atoms with Crippen LogP contribution in [0.2, 0.25) is 0 Å². The fraction of sp³-hybridized carbons (Fsp3) is 0.273. The molecule has 0 aliphatic carbocycles. The zero-order chi connectivity index (χ0) is 24.5. The Balaban J connectivity index is 2.37. The number of carbonyl (C=O) groups is 4. The molecule has 0 saturated carbocycles. The Morgan fingerprint density at radius 3 is 2.33 bits per heavy atom. The average molecular weight is 458 g/mol. The molecule has 0 aliphatic heterocycles. The highest BCUT2D eigenvalue weighted by atomic mass is 16.6. The van der Waals surface area contributed by atoms with Crippen molar-refractivity contribution in [1.29, 1.82) is 0 Å². The molecule has 0 heterocycles. The fourth-order valence-electron chi connectivity index (χ4n) is 3.10. The summed E-state index contributed by atoms with van der Waals surface area (Å²) >= 11 is 0. The van der Waals surface area contributed by atoms with Crippen molar-refractivity contribution in [1.82, 2.24) is 5.32 Å². The Kier molecular flexibility index (Phi) is 8.61. The minimum atomic E-state index is -1.57. The third-order valence-electron chi connectivity index (χ3n) is 4.54. The van der Waals surface area contributed by atoms with Crippen LogP contribution in [0.3, 0.4) is 0 Å². The van der Waals surface area contributed by atoms with Gasteiger partial charge < -0.3 is 19.9 Å². The largest absolute Gasteiger partial charge is 0.480 e. The number of carboxylic acids is 1. The number of carboxylic acid groups (broad SMARTS) is 1. The number of hydrogen-bond donors (Lipinski definition) is 2. The molecule has 0 bridgehead atoms. The van der Waals surface area contributed by atoms with Crippen LogP contribution in [-0.2, 0) is 19.1 Å². The van der Waals surface area contributed by atoms with Gasteiger partial charge in [0.15, 0.2) is 0 Å². The van der Waals surface area contributed by atoms with E-state index in [0.717, 1.165) is 0 Å². The van der Waals surface area contributed by atoms with E-state index in [0.29, 0.717) is 0 Å². The minimum absolute atomic E-state index is 0.0265. The number of benzene rings is 2. The molecule has 0 spiro atoms. The lowest BCUT2D eigenvalue weighted by Crippen LogP contribution is -2.45. The standard InChI is InChI=1S/C22H22N2O9/c1-3-32-19(26)12-18(14-7-9-16(10-8-14)24(30)31)20(22(28)29)23-21(27)15-5-4-6-17(11-15)33-13(2)25/h4-11,18,20H,3,12H2,1-2H3,(H,23,27)(H,28,29)/t18-,20-/m1/s1. The maximum absolute atomic E-state index is 12.8. The zero-order valence-corrected chi connectivity index (χ0v) is 17.8. The van der Waals surface area contributed by atoms with Crippen molar-refractivity contribution in [3.63, 3.8) is 0 Å². The number of esters is 2. The first kappa shape index (κ1) is 25.0. The molecular weight excluding hydrogens is 436 g/mol. The minimum Gasteiger partial charge on any atom is -0.480 e. The lowest BCUT2D eigenvalue weighted by Gasteiger charge is -2.25. The van der Waals surface area contributed by atoms with Crippen molar-refractivity contribution in [3.8, 4) is 5.75 Å². The predicted molar refractivity (Wildman–Crippen MR) is 114 cm³/mol. The van der Waals surface area contributed by atoms with Crippen LogP contribution in [0.1, 0.15) is 42.1 Å². The number of hydrogen-bond acceptors (Lipinski definition) is 8. The van der Waals surface area contributed by atoms with Gasteiger partial charge in [-0.15, -0.1) is 0 Å². The Hall–Kier alpha value is -4.28. The van der Waals surface area contributed by atoms with E-state index in [4.69, 9.17) is 9.47 Å². The van der Waals surface area contributed by atoms with E-state index in [-0.39, 0.29) is 29.2 Å². The van der Waals surface area contributed by atoms with Crippen molar-refractivity contribution < 1.29 is 38.7 Å². The van der Waals surface area contributed by atoms with Crippen LogP contribution in [0, 0.1) is 10.1 Å². The number of amides is 1. The van der Waals surface area contributed by atoms with Crippen molar-refractivity contribution in [2.24, 2.45) is 0 Å². The number of aliphatic carboxylic acids is 1. The van der Waals surface area contributed by atoms with Gasteiger partial charge in [-0.05, 0) is 30.7 Å². The van der Waals surface area contributed by atoms with Gasteiger partial charge in [-0.25, -0.2) is 4.79 Å². The highest BCUT2D eigenvalue weighted by Crippen LogP contribution is 2.27. The summed E-state index contributed by atoms with van der Waals surface area (Å²) in [5.74, 6) is -4.48. The molecule has 2 aromatic rings. The summed E-state index contributed by atoms with van der Waals surface area (Å²) in [5, 5.41) is 23.1. The molecule has 0 fully saturated rings. The molecule has 2 aromatic carbocycles. The smallest absolute Gasteiger partial charge is 0.326 e. The summed E-state index contributed by atoms with van der Waals surface area (Å²) in [6.07, 6.45) is -0.392. The first-order valence-corrected chi connectivity index (χ1v) is 9.84. The predicted octanol–water partition coefficient (Wildman–Crippen LogP) is 2.44. The third-order valence-corrected chi connectivity index (χ3v) is 4.54. The van der Waals surface area contributed by atoms with Gasteiger partial charge in [-0.2, -0.15) is 0 Å². The maximum Gasteiger partial charge on any atom is 0.326 e. The quantitative estimate of drug-likeness (QED) is 0.236. The molecule has 2 N–H and O–H groups in total. The third kappa shape index (κ3) is 7.13. The van der Waals surface area contributed by atoms with Gasteiger partial charge in [0.2, 0.25) is 0 Å². The summed E-state index contributed by atoms with van der Waals surface area (Å²) in [6.45, 7) is 2.85. The zero-order valence-electron chi connectivity index (χ0n) is 17.8. The van der Waals surface area contributed by atoms with Crippen molar-refractivity contribution in [2.45, 2.75) is 32.2 Å². The normalized spacial score (nSPS) is 12.2. The lowest BCUT2D eigenvalue weighted by atomic mass is 9.88. The average Bonchev–Trinajstić information content (AvgIpc) is 2.75. The number of carbonyl (C=O) groups excluding carboxylic acids is 3. The van der Waals surface area contributed by atoms with Gasteiger partial charge in [0.1, 0.15) is 11.8 Å². The number of nitro benzene ring substituents is 1. The first-order valence-electron chi connectivity index (χ1n) is 9.84. The van der Waals surface area contributed by atoms with E-state index in [1.54, 1.807) is 6.92 Å². The highest BCUT2D eigenvalue weighted by Gasteiger charge is 2.34. The molecule has 11 heteroatoms. The van der Waals surface area contributed by atoms with Crippen LogP contribution in [-0.4, -0.2) is 46.5 Å². The maximum atomic E-state index is 12.8.